The van der Waals surface area contributed by atoms with E-state index in [1.807, 2.05) is 31.3 Å². The summed E-state index contributed by atoms with van der Waals surface area (Å²) in [7, 11) is 1.85. The number of rotatable bonds is 9. The average molecular weight is 481 g/mol. The third-order valence-electron chi connectivity index (χ3n) is 6.51. The van der Waals surface area contributed by atoms with Crippen LogP contribution in [0.25, 0.3) is 0 Å². The number of likely N-dealkylation sites (N-methyl/N-ethyl adjacent to an activating group) is 1. The molecule has 0 amide bonds. The van der Waals surface area contributed by atoms with Gasteiger partial charge >= 0.3 is 6.18 Å². The smallest absolute Gasteiger partial charge is 0.416 e. The first-order chi connectivity index (χ1) is 16.8. The van der Waals surface area contributed by atoms with Crippen molar-refractivity contribution in [3.8, 4) is 5.75 Å². The molecule has 1 heterocycles. The summed E-state index contributed by atoms with van der Waals surface area (Å²) in [5, 5.41) is 6.95. The summed E-state index contributed by atoms with van der Waals surface area (Å²) in [6, 6.07) is 21.7. The van der Waals surface area contributed by atoms with E-state index in [9.17, 15) is 13.2 Å². The molecule has 0 saturated heterocycles. The Morgan fingerprint density at radius 2 is 1.74 bits per heavy atom. The van der Waals surface area contributed by atoms with Crippen molar-refractivity contribution in [2.45, 2.75) is 43.9 Å². The van der Waals surface area contributed by atoms with Crippen molar-refractivity contribution >= 4 is 0 Å². The average Bonchev–Trinajstić information content (AvgIpc) is 2.88. The highest BCUT2D eigenvalue weighted by Gasteiger charge is 2.30. The lowest BCUT2D eigenvalue weighted by Gasteiger charge is -2.29. The first kappa shape index (κ1) is 24.9. The van der Waals surface area contributed by atoms with Crippen LogP contribution < -0.4 is 15.4 Å². The fourth-order valence-electron chi connectivity index (χ4n) is 4.50. The van der Waals surface area contributed by atoms with E-state index >= 15 is 0 Å². The number of alkyl halides is 3. The third kappa shape index (κ3) is 6.25. The summed E-state index contributed by atoms with van der Waals surface area (Å²) < 4.78 is 44.7. The molecule has 0 spiro atoms. The van der Waals surface area contributed by atoms with Gasteiger partial charge in [-0.1, -0.05) is 61.2 Å². The molecule has 3 aromatic rings. The monoisotopic (exact) mass is 480 g/mol. The van der Waals surface area contributed by atoms with Gasteiger partial charge in [-0.15, -0.1) is 0 Å². The van der Waals surface area contributed by atoms with E-state index in [-0.39, 0.29) is 12.1 Å². The van der Waals surface area contributed by atoms with Crippen LogP contribution in [0.3, 0.4) is 0 Å². The molecule has 184 valence electrons. The van der Waals surface area contributed by atoms with Crippen molar-refractivity contribution in [3.63, 3.8) is 0 Å². The summed E-state index contributed by atoms with van der Waals surface area (Å²) in [5.74, 6) is 0.931. The Bertz CT molecular complexity index is 1130. The first-order valence-electron chi connectivity index (χ1n) is 11.9. The Morgan fingerprint density at radius 1 is 1.00 bits per heavy atom. The second-order valence-corrected chi connectivity index (χ2v) is 8.89. The van der Waals surface area contributed by atoms with Crippen molar-refractivity contribution in [3.05, 3.63) is 113 Å². The van der Waals surface area contributed by atoms with Gasteiger partial charge in [0.25, 0.3) is 0 Å². The number of halogens is 3. The highest BCUT2D eigenvalue weighted by Crippen LogP contribution is 2.33. The predicted molar refractivity (Wildman–Crippen MR) is 133 cm³/mol. The third-order valence-corrected chi connectivity index (χ3v) is 6.51. The summed E-state index contributed by atoms with van der Waals surface area (Å²) >= 11 is 0. The maximum Gasteiger partial charge on any atom is 0.416 e. The van der Waals surface area contributed by atoms with Crippen LogP contribution in [0.5, 0.6) is 5.75 Å². The molecule has 3 nitrogen and oxygen atoms in total. The van der Waals surface area contributed by atoms with E-state index < -0.39 is 11.7 Å². The minimum atomic E-state index is -4.33. The van der Waals surface area contributed by atoms with Gasteiger partial charge in [0.05, 0.1) is 18.2 Å². The zero-order valence-corrected chi connectivity index (χ0v) is 19.9. The van der Waals surface area contributed by atoms with Crippen molar-refractivity contribution < 1.29 is 17.9 Å². The molecule has 6 heteroatoms. The van der Waals surface area contributed by atoms with Crippen molar-refractivity contribution in [2.75, 3.05) is 13.7 Å². The molecule has 0 radical (unpaired) electrons. The molecular weight excluding hydrogens is 449 g/mol. The molecule has 35 heavy (non-hydrogen) atoms. The van der Waals surface area contributed by atoms with Gasteiger partial charge in [-0.3, -0.25) is 5.32 Å². The molecule has 3 aromatic carbocycles. The Morgan fingerprint density at radius 3 is 2.43 bits per heavy atom. The fraction of sp³-hybridized carbons (Fsp3) is 0.310. The van der Waals surface area contributed by atoms with E-state index in [4.69, 9.17) is 4.74 Å². The van der Waals surface area contributed by atoms with E-state index in [2.05, 4.69) is 41.5 Å². The van der Waals surface area contributed by atoms with Crippen molar-refractivity contribution in [2.24, 2.45) is 0 Å². The maximum atomic E-state index is 13.0. The molecule has 0 saturated carbocycles. The molecule has 0 fully saturated rings. The van der Waals surface area contributed by atoms with Gasteiger partial charge in [0.2, 0.25) is 0 Å². The predicted octanol–water partition coefficient (Wildman–Crippen LogP) is 6.77. The maximum absolute atomic E-state index is 13.0. The highest BCUT2D eigenvalue weighted by molar-refractivity contribution is 5.40. The summed E-state index contributed by atoms with van der Waals surface area (Å²) in [5.41, 5.74) is 4.50. The lowest BCUT2D eigenvalue weighted by molar-refractivity contribution is -0.137. The molecule has 0 aliphatic carbocycles. The number of aryl methyl sites for hydroxylation is 2. The molecule has 4 rings (SSSR count). The quantitative estimate of drug-likeness (QED) is 0.355. The lowest BCUT2D eigenvalue weighted by Crippen LogP contribution is -2.31. The Hall–Kier alpha value is -3.25. The van der Waals surface area contributed by atoms with Crippen LogP contribution in [0.1, 0.15) is 52.7 Å². The fourth-order valence-corrected chi connectivity index (χ4v) is 4.50. The second kappa shape index (κ2) is 11.0. The molecule has 1 aliphatic heterocycles. The van der Waals surface area contributed by atoms with E-state index in [1.165, 1.54) is 5.56 Å². The molecule has 0 bridgehead atoms. The van der Waals surface area contributed by atoms with Gasteiger partial charge in [-0.2, -0.15) is 13.2 Å². The van der Waals surface area contributed by atoms with Crippen LogP contribution in [0.2, 0.25) is 0 Å². The van der Waals surface area contributed by atoms with E-state index in [0.717, 1.165) is 59.7 Å². The Balaban J connectivity index is 1.60. The highest BCUT2D eigenvalue weighted by atomic mass is 19.4. The topological polar surface area (TPSA) is 33.3 Å². The summed E-state index contributed by atoms with van der Waals surface area (Å²) in [6.45, 7) is 4.95. The van der Waals surface area contributed by atoms with Crippen molar-refractivity contribution in [1.29, 1.82) is 0 Å². The van der Waals surface area contributed by atoms with Crippen LogP contribution >= 0.6 is 0 Å². The van der Waals surface area contributed by atoms with Gasteiger partial charge in [-0.25, -0.2) is 0 Å². The van der Waals surface area contributed by atoms with E-state index in [0.29, 0.717) is 12.8 Å². The van der Waals surface area contributed by atoms with Crippen LogP contribution in [-0.4, -0.2) is 13.7 Å². The molecule has 0 unspecified atom stereocenters. The standard InChI is InChI=1S/C29H31F3N2O/c1-20(33-2)28(22-7-4-3-5-8-22)34-26(23-13-17-27-24(19-23)9-6-18-35-27)16-12-21-10-14-25(15-11-21)29(30,31)32/h3-5,7-8,10-11,13-15,17,19,26,28,33-34H,1,6,9,12,16,18H2,2H3/t26-,28+/m0/s1. The number of hydrogen-bond acceptors (Lipinski definition) is 3. The molecular formula is C29H31F3N2O. The molecule has 2 N–H and O–H groups in total. The van der Waals surface area contributed by atoms with Crippen LogP contribution in [0.4, 0.5) is 13.2 Å². The molecule has 1 aliphatic rings. The zero-order valence-electron chi connectivity index (χ0n) is 19.9. The summed E-state index contributed by atoms with van der Waals surface area (Å²) in [6.07, 6.45) is -1.02. The van der Waals surface area contributed by atoms with Gasteiger partial charge in [0.15, 0.2) is 0 Å². The van der Waals surface area contributed by atoms with Gasteiger partial charge in [0.1, 0.15) is 5.75 Å². The van der Waals surface area contributed by atoms with Gasteiger partial charge in [0, 0.05) is 18.8 Å². The van der Waals surface area contributed by atoms with Crippen molar-refractivity contribution in [1.82, 2.24) is 10.6 Å². The number of nitrogens with one attached hydrogen (secondary N) is 2. The van der Waals surface area contributed by atoms with Gasteiger partial charge in [-0.05, 0) is 66.1 Å². The lowest BCUT2D eigenvalue weighted by atomic mass is 9.93. The first-order valence-corrected chi connectivity index (χ1v) is 11.9. The zero-order chi connectivity index (χ0) is 24.8. The Kier molecular flexibility index (Phi) is 7.81. The largest absolute Gasteiger partial charge is 0.493 e. The van der Waals surface area contributed by atoms with E-state index in [1.54, 1.807) is 12.1 Å². The number of hydrogen-bond donors (Lipinski definition) is 2. The SMILES string of the molecule is C=C(NC)[C@@H](N[C@@H](CCc1ccc(C(F)(F)F)cc1)c1ccc2c(c1)CCCO2)c1ccccc1. The molecule has 0 aromatic heterocycles. The van der Waals surface area contributed by atoms with Crippen LogP contribution in [-0.2, 0) is 19.0 Å². The number of benzene rings is 3. The molecule has 2 atom stereocenters. The number of fused-ring (bicyclic) bond motifs is 1. The Labute approximate surface area is 205 Å². The number of ether oxygens (including phenoxy) is 1. The van der Waals surface area contributed by atoms with Crippen LogP contribution in [0, 0.1) is 0 Å². The minimum Gasteiger partial charge on any atom is -0.493 e. The second-order valence-electron chi connectivity index (χ2n) is 8.89. The normalized spacial score (nSPS) is 15.0. The summed E-state index contributed by atoms with van der Waals surface area (Å²) in [4.78, 5) is 0. The van der Waals surface area contributed by atoms with Crippen LogP contribution in [0.15, 0.2) is 85.1 Å². The van der Waals surface area contributed by atoms with Gasteiger partial charge < -0.3 is 10.1 Å². The minimum absolute atomic E-state index is 0.0418.